The molecule has 0 spiro atoms. The third-order valence-corrected chi connectivity index (χ3v) is 8.88. The number of anilines is 1. The van der Waals surface area contributed by atoms with Gasteiger partial charge in [0.2, 0.25) is 0 Å². The van der Waals surface area contributed by atoms with Gasteiger partial charge in [0.05, 0.1) is 47.3 Å². The molecular formula is C29H30Cl2N4O4. The van der Waals surface area contributed by atoms with Gasteiger partial charge in [-0.2, -0.15) is 5.10 Å². The first kappa shape index (κ1) is 26.2. The molecule has 3 heterocycles. The van der Waals surface area contributed by atoms with E-state index in [9.17, 15) is 9.59 Å². The highest BCUT2D eigenvalue weighted by molar-refractivity contribution is 6.37. The Labute approximate surface area is 236 Å². The highest BCUT2D eigenvalue weighted by atomic mass is 35.5. The van der Waals surface area contributed by atoms with E-state index in [1.165, 1.54) is 13.3 Å². The van der Waals surface area contributed by atoms with Gasteiger partial charge >= 0.3 is 5.97 Å². The molecule has 39 heavy (non-hydrogen) atoms. The van der Waals surface area contributed by atoms with Crippen LogP contribution in [0.3, 0.4) is 0 Å². The SMILES string of the molecule is COC(=O)c1cnn2ccc(N3CC4CC(OCC(C(=O)C5CC5)=C(N)c5c(Cl)cccc5Cl)C[C@H]4C3)cc12. The number of fused-ring (bicyclic) bond motifs is 2. The van der Waals surface area contributed by atoms with Gasteiger partial charge in [0.1, 0.15) is 5.56 Å². The number of hydrogen-bond donors (Lipinski definition) is 1. The molecule has 1 aliphatic heterocycles. The van der Waals surface area contributed by atoms with E-state index in [2.05, 4.69) is 10.00 Å². The van der Waals surface area contributed by atoms with Gasteiger partial charge in [-0.3, -0.25) is 4.79 Å². The Morgan fingerprint density at radius 2 is 1.79 bits per heavy atom. The summed E-state index contributed by atoms with van der Waals surface area (Å²) in [5.74, 6) is 0.616. The molecule has 1 aromatic carbocycles. The second kappa shape index (κ2) is 10.5. The fourth-order valence-corrected chi connectivity index (χ4v) is 6.61. The number of halogens is 2. The van der Waals surface area contributed by atoms with Gasteiger partial charge in [0, 0.05) is 42.0 Å². The fraction of sp³-hybridized carbons (Fsp3) is 0.414. The monoisotopic (exact) mass is 568 g/mol. The van der Waals surface area contributed by atoms with Crippen LogP contribution in [-0.4, -0.2) is 54.3 Å². The quantitative estimate of drug-likeness (QED) is 0.301. The molecule has 6 rings (SSSR count). The summed E-state index contributed by atoms with van der Waals surface area (Å²) < 4.78 is 12.9. The van der Waals surface area contributed by atoms with Gasteiger partial charge in [0.15, 0.2) is 5.78 Å². The van der Waals surface area contributed by atoms with Crippen molar-refractivity contribution in [2.24, 2.45) is 23.5 Å². The van der Waals surface area contributed by atoms with Crippen LogP contribution in [-0.2, 0) is 14.3 Å². The van der Waals surface area contributed by atoms with Crippen LogP contribution in [0.5, 0.6) is 0 Å². The van der Waals surface area contributed by atoms with E-state index in [4.69, 9.17) is 38.4 Å². The Balaban J connectivity index is 1.13. The molecule has 3 atom stereocenters. The number of aromatic nitrogens is 2. The van der Waals surface area contributed by atoms with Gasteiger partial charge in [-0.1, -0.05) is 29.3 Å². The Kier molecular flexibility index (Phi) is 7.04. The lowest BCUT2D eigenvalue weighted by atomic mass is 10.0. The molecule has 3 aliphatic rings. The molecule has 3 fully saturated rings. The lowest BCUT2D eigenvalue weighted by molar-refractivity contribution is -0.117. The first-order valence-electron chi connectivity index (χ1n) is 13.2. The fourth-order valence-electron chi connectivity index (χ4n) is 6.01. The topological polar surface area (TPSA) is 99.2 Å². The standard InChI is InChI=1S/C29H30Cl2N4O4/c1-38-29(37)21-12-33-35-8-7-19(11-25(21)35)34-13-17-9-20(10-18(17)14-34)39-15-22(28(36)16-5-6-16)27(32)26-23(30)3-2-4-24(26)31/h2-4,7-8,11-12,16-18,20H,5-6,9-10,13-15,32H2,1H3/t17-,18?,20?/m0/s1. The van der Waals surface area contributed by atoms with Crippen molar-refractivity contribution in [3.8, 4) is 0 Å². The van der Waals surface area contributed by atoms with Crippen molar-refractivity contribution in [2.75, 3.05) is 31.7 Å². The van der Waals surface area contributed by atoms with Crippen LogP contribution in [0.2, 0.25) is 10.0 Å². The number of pyridine rings is 1. The average Bonchev–Trinajstić information content (AvgIpc) is 3.40. The third kappa shape index (κ3) is 5.01. The smallest absolute Gasteiger partial charge is 0.341 e. The minimum Gasteiger partial charge on any atom is -0.465 e. The number of carbonyl (C=O) groups is 2. The van der Waals surface area contributed by atoms with Gasteiger partial charge in [-0.15, -0.1) is 0 Å². The second-order valence-electron chi connectivity index (χ2n) is 10.7. The maximum absolute atomic E-state index is 13.2. The van der Waals surface area contributed by atoms with Crippen LogP contribution in [0.25, 0.3) is 11.2 Å². The number of methoxy groups -OCH3 is 1. The number of carbonyl (C=O) groups excluding carboxylic acids is 2. The molecule has 2 aromatic heterocycles. The Morgan fingerprint density at radius 3 is 2.44 bits per heavy atom. The molecule has 0 amide bonds. The Bertz CT molecular complexity index is 1450. The molecule has 8 nitrogen and oxygen atoms in total. The number of nitrogens with zero attached hydrogens (tertiary/aromatic N) is 3. The first-order valence-corrected chi connectivity index (χ1v) is 14.0. The third-order valence-electron chi connectivity index (χ3n) is 8.25. The average molecular weight is 569 g/mol. The number of esters is 1. The van der Waals surface area contributed by atoms with E-state index in [1.54, 1.807) is 22.7 Å². The summed E-state index contributed by atoms with van der Waals surface area (Å²) in [5.41, 5.74) is 10.0. The predicted octanol–water partition coefficient (Wildman–Crippen LogP) is 5.01. The zero-order valence-electron chi connectivity index (χ0n) is 21.6. The maximum atomic E-state index is 13.2. The van der Waals surface area contributed by atoms with Crippen molar-refractivity contribution >= 4 is 51.9 Å². The molecule has 2 saturated carbocycles. The summed E-state index contributed by atoms with van der Waals surface area (Å²) >= 11 is 12.8. The summed E-state index contributed by atoms with van der Waals surface area (Å²) in [5, 5.41) is 5.10. The number of rotatable bonds is 8. The van der Waals surface area contributed by atoms with Crippen LogP contribution in [0.4, 0.5) is 5.69 Å². The normalized spacial score (nSPS) is 23.2. The number of ketones is 1. The van der Waals surface area contributed by atoms with Crippen LogP contribution in [0.15, 0.2) is 48.3 Å². The predicted molar refractivity (Wildman–Crippen MR) is 150 cm³/mol. The maximum Gasteiger partial charge on any atom is 0.341 e. The zero-order valence-corrected chi connectivity index (χ0v) is 23.1. The lowest BCUT2D eigenvalue weighted by Gasteiger charge is -2.22. The van der Waals surface area contributed by atoms with E-state index in [0.717, 1.165) is 50.0 Å². The van der Waals surface area contributed by atoms with Crippen molar-refractivity contribution in [2.45, 2.75) is 31.8 Å². The Morgan fingerprint density at radius 1 is 1.10 bits per heavy atom. The van der Waals surface area contributed by atoms with Crippen molar-refractivity contribution < 1.29 is 19.1 Å². The van der Waals surface area contributed by atoms with Crippen molar-refractivity contribution in [1.82, 2.24) is 9.61 Å². The number of nitrogens with two attached hydrogens (primary N) is 1. The molecule has 3 aromatic rings. The number of Topliss-reactive ketones (excluding diaryl/α,β-unsaturated/α-hetero) is 1. The Hall–Kier alpha value is -3.07. The van der Waals surface area contributed by atoms with Crippen LogP contribution in [0.1, 0.15) is 41.6 Å². The number of benzene rings is 1. The summed E-state index contributed by atoms with van der Waals surface area (Å²) in [4.78, 5) is 27.6. The van der Waals surface area contributed by atoms with E-state index >= 15 is 0 Å². The van der Waals surface area contributed by atoms with Gasteiger partial charge in [-0.25, -0.2) is 9.31 Å². The van der Waals surface area contributed by atoms with Gasteiger partial charge in [0.25, 0.3) is 0 Å². The molecule has 10 heteroatoms. The molecule has 204 valence electrons. The largest absolute Gasteiger partial charge is 0.465 e. The summed E-state index contributed by atoms with van der Waals surface area (Å²) in [6, 6.07) is 9.23. The minimum absolute atomic E-state index is 0.00718. The van der Waals surface area contributed by atoms with E-state index in [-0.39, 0.29) is 24.4 Å². The molecular weight excluding hydrogens is 539 g/mol. The molecule has 2 aliphatic carbocycles. The lowest BCUT2D eigenvalue weighted by Crippen LogP contribution is -2.24. The van der Waals surface area contributed by atoms with Crippen molar-refractivity contribution in [3.05, 3.63) is 69.5 Å². The summed E-state index contributed by atoms with van der Waals surface area (Å²) in [6.45, 7) is 1.97. The zero-order chi connectivity index (χ0) is 27.3. The molecule has 2 unspecified atom stereocenters. The molecule has 0 bridgehead atoms. The van der Waals surface area contributed by atoms with E-state index < -0.39 is 5.97 Å². The molecule has 2 N–H and O–H groups in total. The molecule has 1 saturated heterocycles. The minimum atomic E-state index is -0.397. The van der Waals surface area contributed by atoms with Crippen LogP contribution < -0.4 is 10.6 Å². The number of ether oxygens (including phenoxy) is 2. The van der Waals surface area contributed by atoms with Crippen molar-refractivity contribution in [1.29, 1.82) is 0 Å². The van der Waals surface area contributed by atoms with Crippen LogP contribution in [0, 0.1) is 17.8 Å². The first-order chi connectivity index (χ1) is 18.8. The summed E-state index contributed by atoms with van der Waals surface area (Å²) in [7, 11) is 1.37. The molecule has 0 radical (unpaired) electrons. The highest BCUT2D eigenvalue weighted by Gasteiger charge is 2.42. The number of hydrogen-bond acceptors (Lipinski definition) is 7. The van der Waals surface area contributed by atoms with Crippen molar-refractivity contribution in [3.63, 3.8) is 0 Å². The van der Waals surface area contributed by atoms with Gasteiger partial charge in [-0.05, 0) is 61.8 Å². The summed E-state index contributed by atoms with van der Waals surface area (Å²) in [6.07, 6.45) is 7.05. The van der Waals surface area contributed by atoms with Crippen LogP contribution >= 0.6 is 23.2 Å². The van der Waals surface area contributed by atoms with Gasteiger partial charge < -0.3 is 20.1 Å². The van der Waals surface area contributed by atoms with E-state index in [0.29, 0.717) is 44.3 Å². The highest BCUT2D eigenvalue weighted by Crippen LogP contribution is 2.42. The second-order valence-corrected chi connectivity index (χ2v) is 11.5. The van der Waals surface area contributed by atoms with E-state index in [1.807, 2.05) is 18.3 Å².